The van der Waals surface area contributed by atoms with Gasteiger partial charge in [0, 0.05) is 19.1 Å². The van der Waals surface area contributed by atoms with Crippen molar-refractivity contribution in [3.8, 4) is 0 Å². The van der Waals surface area contributed by atoms with Crippen molar-refractivity contribution < 1.29 is 0 Å². The van der Waals surface area contributed by atoms with Crippen LogP contribution in [0.5, 0.6) is 0 Å². The summed E-state index contributed by atoms with van der Waals surface area (Å²) in [6.07, 6.45) is 8.32. The molecule has 1 aliphatic carbocycles. The van der Waals surface area contributed by atoms with Crippen LogP contribution in [0, 0.1) is 23.7 Å². The molecule has 0 bridgehead atoms. The van der Waals surface area contributed by atoms with Gasteiger partial charge in [0.05, 0.1) is 0 Å². The van der Waals surface area contributed by atoms with Gasteiger partial charge >= 0.3 is 0 Å². The van der Waals surface area contributed by atoms with Crippen LogP contribution in [0.15, 0.2) is 0 Å². The Morgan fingerprint density at radius 3 is 2.62 bits per heavy atom. The highest BCUT2D eigenvalue weighted by molar-refractivity contribution is 4.90. The third-order valence-electron chi connectivity index (χ3n) is 5.87. The number of hydrogen-bond acceptors (Lipinski definition) is 2. The zero-order valence-corrected chi connectivity index (χ0v) is 14.9. The van der Waals surface area contributed by atoms with E-state index in [-0.39, 0.29) is 0 Å². The summed E-state index contributed by atoms with van der Waals surface area (Å²) in [5.41, 5.74) is 0. The summed E-state index contributed by atoms with van der Waals surface area (Å²) in [4.78, 5) is 2.78. The number of nitrogens with zero attached hydrogens (tertiary/aromatic N) is 1. The second kappa shape index (κ2) is 8.53. The molecule has 0 aromatic carbocycles. The monoisotopic (exact) mass is 294 g/mol. The Morgan fingerprint density at radius 1 is 1.10 bits per heavy atom. The maximum absolute atomic E-state index is 3.87. The molecule has 2 fully saturated rings. The largest absolute Gasteiger partial charge is 0.314 e. The lowest BCUT2D eigenvalue weighted by Crippen LogP contribution is -2.49. The summed E-state index contributed by atoms with van der Waals surface area (Å²) in [5.74, 6) is 3.63. The molecule has 1 aliphatic heterocycles. The van der Waals surface area contributed by atoms with Crippen molar-refractivity contribution in [1.29, 1.82) is 0 Å². The average Bonchev–Trinajstić information content (AvgIpc) is 2.87. The van der Waals surface area contributed by atoms with Crippen molar-refractivity contribution in [3.05, 3.63) is 0 Å². The lowest BCUT2D eigenvalue weighted by molar-refractivity contribution is 0.109. The average molecular weight is 295 g/mol. The summed E-state index contributed by atoms with van der Waals surface area (Å²) in [5, 5.41) is 3.87. The highest BCUT2D eigenvalue weighted by Crippen LogP contribution is 2.35. The van der Waals surface area contributed by atoms with Gasteiger partial charge in [-0.2, -0.15) is 0 Å². The van der Waals surface area contributed by atoms with Gasteiger partial charge in [-0.15, -0.1) is 0 Å². The van der Waals surface area contributed by atoms with E-state index in [4.69, 9.17) is 0 Å². The minimum atomic E-state index is 0.758. The molecule has 0 spiro atoms. The lowest BCUT2D eigenvalue weighted by Gasteiger charge is -2.42. The second-order valence-corrected chi connectivity index (χ2v) is 7.98. The summed E-state index contributed by atoms with van der Waals surface area (Å²) < 4.78 is 0. The highest BCUT2D eigenvalue weighted by Gasteiger charge is 2.35. The first kappa shape index (κ1) is 17.3. The van der Waals surface area contributed by atoms with E-state index in [1.165, 1.54) is 64.7 Å². The van der Waals surface area contributed by atoms with E-state index in [0.717, 1.165) is 29.7 Å². The third kappa shape index (κ3) is 4.96. The van der Waals surface area contributed by atoms with Gasteiger partial charge in [-0.3, -0.25) is 0 Å². The molecule has 2 nitrogen and oxygen atoms in total. The van der Waals surface area contributed by atoms with Crippen LogP contribution in [0.2, 0.25) is 0 Å². The zero-order valence-electron chi connectivity index (χ0n) is 14.9. The standard InChI is InChI=1S/C19H38N2/c1-5-7-17-8-10-21(13-17)14-18-16(4)11-15(3)12-19(18)20-9-6-2/h15-20H,5-14H2,1-4H3. The molecule has 0 aromatic rings. The van der Waals surface area contributed by atoms with Gasteiger partial charge in [-0.1, -0.05) is 34.1 Å². The van der Waals surface area contributed by atoms with E-state index in [1.54, 1.807) is 0 Å². The SMILES string of the molecule is CCCNC1CC(C)CC(C)C1CN1CCC(CCC)C1. The van der Waals surface area contributed by atoms with Crippen LogP contribution in [0.25, 0.3) is 0 Å². The van der Waals surface area contributed by atoms with Crippen molar-refractivity contribution in [2.75, 3.05) is 26.2 Å². The van der Waals surface area contributed by atoms with Crippen LogP contribution in [-0.4, -0.2) is 37.1 Å². The normalized spacial score (nSPS) is 38.0. The smallest absolute Gasteiger partial charge is 0.0113 e. The Labute approximate surface area is 133 Å². The third-order valence-corrected chi connectivity index (χ3v) is 5.87. The quantitative estimate of drug-likeness (QED) is 0.758. The first-order chi connectivity index (χ1) is 10.1. The molecule has 2 heteroatoms. The predicted molar refractivity (Wildman–Crippen MR) is 92.6 cm³/mol. The Hall–Kier alpha value is -0.0800. The fourth-order valence-electron chi connectivity index (χ4n) is 4.80. The molecule has 5 unspecified atom stereocenters. The van der Waals surface area contributed by atoms with Crippen LogP contribution in [-0.2, 0) is 0 Å². The predicted octanol–water partition coefficient (Wildman–Crippen LogP) is 4.16. The van der Waals surface area contributed by atoms with Gasteiger partial charge in [0.1, 0.15) is 0 Å². The molecule has 1 saturated heterocycles. The first-order valence-corrected chi connectivity index (χ1v) is 9.59. The maximum atomic E-state index is 3.87. The summed E-state index contributed by atoms with van der Waals surface area (Å²) in [6, 6.07) is 0.758. The summed E-state index contributed by atoms with van der Waals surface area (Å²) in [7, 11) is 0. The number of hydrogen-bond donors (Lipinski definition) is 1. The van der Waals surface area contributed by atoms with Crippen molar-refractivity contribution in [2.24, 2.45) is 23.7 Å². The highest BCUT2D eigenvalue weighted by atomic mass is 15.2. The minimum absolute atomic E-state index is 0.758. The van der Waals surface area contributed by atoms with E-state index in [2.05, 4.69) is 37.9 Å². The van der Waals surface area contributed by atoms with Crippen LogP contribution < -0.4 is 5.32 Å². The molecular weight excluding hydrogens is 256 g/mol. The summed E-state index contributed by atoms with van der Waals surface area (Å²) >= 11 is 0. The molecule has 1 N–H and O–H groups in total. The van der Waals surface area contributed by atoms with Gasteiger partial charge in [0.2, 0.25) is 0 Å². The number of nitrogens with one attached hydrogen (secondary N) is 1. The van der Waals surface area contributed by atoms with E-state index in [0.29, 0.717) is 0 Å². The lowest BCUT2D eigenvalue weighted by atomic mass is 9.72. The molecule has 1 heterocycles. The van der Waals surface area contributed by atoms with Crippen molar-refractivity contribution >= 4 is 0 Å². The number of likely N-dealkylation sites (tertiary alicyclic amines) is 1. The van der Waals surface area contributed by atoms with Crippen molar-refractivity contribution in [1.82, 2.24) is 10.2 Å². The van der Waals surface area contributed by atoms with Crippen LogP contribution in [0.3, 0.4) is 0 Å². The number of rotatable bonds is 7. The Balaban J connectivity index is 1.88. The molecule has 0 radical (unpaired) electrons. The van der Waals surface area contributed by atoms with Crippen LogP contribution in [0.4, 0.5) is 0 Å². The molecule has 2 rings (SSSR count). The van der Waals surface area contributed by atoms with Gasteiger partial charge in [0.15, 0.2) is 0 Å². The fourth-order valence-corrected chi connectivity index (χ4v) is 4.80. The fraction of sp³-hybridized carbons (Fsp3) is 1.00. The molecule has 5 atom stereocenters. The van der Waals surface area contributed by atoms with E-state index in [9.17, 15) is 0 Å². The van der Waals surface area contributed by atoms with Crippen LogP contribution in [0.1, 0.15) is 66.2 Å². The van der Waals surface area contributed by atoms with Crippen molar-refractivity contribution in [3.63, 3.8) is 0 Å². The van der Waals surface area contributed by atoms with E-state index in [1.807, 2.05) is 0 Å². The van der Waals surface area contributed by atoms with E-state index < -0.39 is 0 Å². The molecule has 21 heavy (non-hydrogen) atoms. The summed E-state index contributed by atoms with van der Waals surface area (Å²) in [6.45, 7) is 14.8. The van der Waals surface area contributed by atoms with Gasteiger partial charge in [-0.25, -0.2) is 0 Å². The van der Waals surface area contributed by atoms with Gasteiger partial charge in [0.25, 0.3) is 0 Å². The first-order valence-electron chi connectivity index (χ1n) is 9.59. The van der Waals surface area contributed by atoms with Gasteiger partial charge < -0.3 is 10.2 Å². The Bertz CT molecular complexity index is 291. The molecule has 0 amide bonds. The van der Waals surface area contributed by atoms with Gasteiger partial charge in [-0.05, 0) is 68.9 Å². The van der Waals surface area contributed by atoms with E-state index >= 15 is 0 Å². The van der Waals surface area contributed by atoms with Crippen LogP contribution >= 0.6 is 0 Å². The molecule has 124 valence electrons. The minimum Gasteiger partial charge on any atom is -0.314 e. The Kier molecular flexibility index (Phi) is 7.01. The molecular formula is C19H38N2. The maximum Gasteiger partial charge on any atom is 0.0113 e. The Morgan fingerprint density at radius 2 is 1.90 bits per heavy atom. The second-order valence-electron chi connectivity index (χ2n) is 7.98. The van der Waals surface area contributed by atoms with Crippen molar-refractivity contribution in [2.45, 2.75) is 72.3 Å². The molecule has 0 aromatic heterocycles. The molecule has 1 saturated carbocycles. The molecule has 2 aliphatic rings. The zero-order chi connectivity index (χ0) is 15.2. The topological polar surface area (TPSA) is 15.3 Å².